The number of benzene rings is 2. The minimum absolute atomic E-state index is 0.121. The van der Waals surface area contributed by atoms with Crippen LogP contribution in [-0.4, -0.2) is 23.4 Å². The highest BCUT2D eigenvalue weighted by Gasteiger charge is 2.22. The van der Waals surface area contributed by atoms with Crippen LogP contribution in [-0.2, 0) is 9.53 Å². The number of nitrogens with zero attached hydrogens (tertiary/aromatic N) is 1. The van der Waals surface area contributed by atoms with Gasteiger partial charge in [0.25, 0.3) is 11.6 Å². The molecule has 7 nitrogen and oxygen atoms in total. The van der Waals surface area contributed by atoms with E-state index in [9.17, 15) is 19.7 Å². The molecule has 1 amide bonds. The van der Waals surface area contributed by atoms with E-state index in [1.54, 1.807) is 0 Å². The van der Waals surface area contributed by atoms with Crippen LogP contribution in [0.4, 0.5) is 11.4 Å². The average molecular weight is 404 g/mol. The van der Waals surface area contributed by atoms with Gasteiger partial charge in [-0.2, -0.15) is 0 Å². The molecule has 2 rings (SSSR count). The minimum Gasteiger partial charge on any atom is -0.452 e. The topological polar surface area (TPSA) is 98.5 Å². The van der Waals surface area contributed by atoms with Crippen molar-refractivity contribution in [1.82, 2.24) is 0 Å². The van der Waals surface area contributed by atoms with E-state index in [0.717, 1.165) is 12.1 Å². The Morgan fingerprint density at radius 1 is 1.04 bits per heavy atom. The molecule has 0 radical (unpaired) electrons. The Hall–Kier alpha value is -2.35. The van der Waals surface area contributed by atoms with Gasteiger partial charge in [0.05, 0.1) is 4.92 Å². The first-order valence-corrected chi connectivity index (χ1v) is 7.76. The summed E-state index contributed by atoms with van der Waals surface area (Å²) in [7, 11) is 0. The summed E-state index contributed by atoms with van der Waals surface area (Å²) in [5.74, 6) is -1.72. The minimum atomic E-state index is -1.05. The lowest BCUT2D eigenvalue weighted by Crippen LogP contribution is -2.21. The largest absolute Gasteiger partial charge is 0.452 e. The molecule has 130 valence electrons. The van der Waals surface area contributed by atoms with E-state index >= 15 is 0 Å². The molecule has 0 saturated carbocycles. The van der Waals surface area contributed by atoms with Crippen molar-refractivity contribution in [2.45, 2.75) is 0 Å². The predicted molar refractivity (Wildman–Crippen MR) is 93.5 cm³/mol. The van der Waals surface area contributed by atoms with Gasteiger partial charge in [-0.3, -0.25) is 14.9 Å². The number of nitro groups is 1. The molecule has 25 heavy (non-hydrogen) atoms. The third kappa shape index (κ3) is 5.32. The quantitative estimate of drug-likeness (QED) is 0.454. The molecule has 0 bridgehead atoms. The number of nitrogens with one attached hydrogen (secondary N) is 1. The molecule has 2 aromatic rings. The molecule has 0 aliphatic rings. The van der Waals surface area contributed by atoms with Gasteiger partial charge in [-0.15, -0.1) is 0 Å². The SMILES string of the molecule is O=C(COC(=O)c1cc(Cl)ccc1[N+](=O)[O-])Nc1cc(Cl)cc(Cl)c1. The average Bonchev–Trinajstić information content (AvgIpc) is 2.51. The Labute approximate surface area is 156 Å². The van der Waals surface area contributed by atoms with Crippen molar-refractivity contribution in [2.24, 2.45) is 0 Å². The van der Waals surface area contributed by atoms with Crippen LogP contribution in [0.5, 0.6) is 0 Å². The van der Waals surface area contributed by atoms with Crippen molar-refractivity contribution >= 4 is 58.1 Å². The van der Waals surface area contributed by atoms with Gasteiger partial charge < -0.3 is 10.1 Å². The molecule has 0 aliphatic heterocycles. The van der Waals surface area contributed by atoms with Crippen LogP contribution in [0.1, 0.15) is 10.4 Å². The zero-order valence-corrected chi connectivity index (χ0v) is 14.6. The summed E-state index contributed by atoms with van der Waals surface area (Å²) >= 11 is 17.3. The Kier molecular flexibility index (Phi) is 6.19. The molecule has 0 atom stereocenters. The molecule has 2 aromatic carbocycles. The van der Waals surface area contributed by atoms with Gasteiger partial charge in [0, 0.05) is 26.8 Å². The highest BCUT2D eigenvalue weighted by Crippen LogP contribution is 2.24. The summed E-state index contributed by atoms with van der Waals surface area (Å²) in [5, 5.41) is 14.1. The second-order valence-corrected chi connectivity index (χ2v) is 6.01. The molecule has 0 aromatic heterocycles. The van der Waals surface area contributed by atoms with E-state index < -0.39 is 29.1 Å². The maximum atomic E-state index is 12.0. The van der Waals surface area contributed by atoms with Crippen LogP contribution < -0.4 is 5.32 Å². The number of anilines is 1. The van der Waals surface area contributed by atoms with Gasteiger partial charge in [0.15, 0.2) is 6.61 Å². The monoisotopic (exact) mass is 402 g/mol. The van der Waals surface area contributed by atoms with Gasteiger partial charge in [-0.25, -0.2) is 4.79 Å². The van der Waals surface area contributed by atoms with Gasteiger partial charge in [0.2, 0.25) is 0 Å². The number of esters is 1. The lowest BCUT2D eigenvalue weighted by atomic mass is 10.2. The first-order chi connectivity index (χ1) is 11.8. The van der Waals surface area contributed by atoms with Crippen LogP contribution in [0.25, 0.3) is 0 Å². The molecule has 0 heterocycles. The maximum Gasteiger partial charge on any atom is 0.345 e. The number of carbonyl (C=O) groups is 2. The molecule has 0 aliphatic carbocycles. The Bertz CT molecular complexity index is 837. The Morgan fingerprint density at radius 2 is 1.68 bits per heavy atom. The normalized spacial score (nSPS) is 10.2. The number of halogens is 3. The highest BCUT2D eigenvalue weighted by atomic mass is 35.5. The fourth-order valence-electron chi connectivity index (χ4n) is 1.86. The summed E-state index contributed by atoms with van der Waals surface area (Å²) in [4.78, 5) is 34.0. The van der Waals surface area contributed by atoms with Gasteiger partial charge in [-0.1, -0.05) is 34.8 Å². The van der Waals surface area contributed by atoms with E-state index in [-0.39, 0.29) is 10.6 Å². The third-order valence-corrected chi connectivity index (χ3v) is 3.53. The standard InChI is InChI=1S/C15H9Cl3N2O5/c16-8-1-2-13(20(23)24)12(6-8)15(22)25-7-14(21)19-11-4-9(17)3-10(18)5-11/h1-6H,7H2,(H,19,21). The van der Waals surface area contributed by atoms with Crippen LogP contribution in [0.2, 0.25) is 15.1 Å². The van der Waals surface area contributed by atoms with E-state index in [2.05, 4.69) is 5.32 Å². The van der Waals surface area contributed by atoms with Crippen LogP contribution in [0.3, 0.4) is 0 Å². The second-order valence-electron chi connectivity index (χ2n) is 4.70. The first kappa shape index (κ1) is 19.0. The molecule has 0 fully saturated rings. The number of carbonyl (C=O) groups excluding carboxylic acids is 2. The summed E-state index contributed by atoms with van der Waals surface area (Å²) < 4.78 is 4.79. The lowest BCUT2D eigenvalue weighted by molar-refractivity contribution is -0.385. The Morgan fingerprint density at radius 3 is 2.28 bits per heavy atom. The summed E-state index contributed by atoms with van der Waals surface area (Å²) in [6, 6.07) is 7.83. The summed E-state index contributed by atoms with van der Waals surface area (Å²) in [6.45, 7) is -0.660. The predicted octanol–water partition coefficient (Wildman–Crippen LogP) is 4.35. The molecular weight excluding hydrogens is 395 g/mol. The number of ether oxygens (including phenoxy) is 1. The molecule has 0 unspecified atom stereocenters. The van der Waals surface area contributed by atoms with Crippen molar-refractivity contribution in [1.29, 1.82) is 0 Å². The second kappa shape index (κ2) is 8.15. The summed E-state index contributed by atoms with van der Waals surface area (Å²) in [5.41, 5.74) is -0.514. The zero-order chi connectivity index (χ0) is 18.6. The van der Waals surface area contributed by atoms with E-state index in [0.29, 0.717) is 15.7 Å². The smallest absolute Gasteiger partial charge is 0.345 e. The highest BCUT2D eigenvalue weighted by molar-refractivity contribution is 6.35. The maximum absolute atomic E-state index is 12.0. The first-order valence-electron chi connectivity index (χ1n) is 6.63. The van der Waals surface area contributed by atoms with Gasteiger partial charge >= 0.3 is 5.97 Å². The van der Waals surface area contributed by atoms with Crippen molar-refractivity contribution in [3.05, 3.63) is 67.1 Å². The summed E-state index contributed by atoms with van der Waals surface area (Å²) in [6.07, 6.45) is 0. The number of hydrogen-bond acceptors (Lipinski definition) is 5. The fourth-order valence-corrected chi connectivity index (χ4v) is 2.56. The number of nitro benzene ring substituents is 1. The number of hydrogen-bond donors (Lipinski definition) is 1. The molecule has 0 spiro atoms. The van der Waals surface area contributed by atoms with Crippen molar-refractivity contribution in [3.63, 3.8) is 0 Å². The van der Waals surface area contributed by atoms with Crippen LogP contribution in [0, 0.1) is 10.1 Å². The zero-order valence-electron chi connectivity index (χ0n) is 12.3. The van der Waals surface area contributed by atoms with E-state index in [4.69, 9.17) is 39.5 Å². The van der Waals surface area contributed by atoms with Crippen LogP contribution >= 0.6 is 34.8 Å². The lowest BCUT2D eigenvalue weighted by Gasteiger charge is -2.08. The number of amides is 1. The Balaban J connectivity index is 2.03. The fraction of sp³-hybridized carbons (Fsp3) is 0.0667. The van der Waals surface area contributed by atoms with E-state index in [1.165, 1.54) is 24.3 Å². The van der Waals surface area contributed by atoms with Gasteiger partial charge in [0.1, 0.15) is 5.56 Å². The molecule has 0 saturated heterocycles. The van der Waals surface area contributed by atoms with Crippen molar-refractivity contribution < 1.29 is 19.2 Å². The number of rotatable bonds is 5. The van der Waals surface area contributed by atoms with E-state index in [1.807, 2.05) is 0 Å². The van der Waals surface area contributed by atoms with Gasteiger partial charge in [-0.05, 0) is 30.3 Å². The molecule has 10 heteroatoms. The molecular formula is C15H9Cl3N2O5. The van der Waals surface area contributed by atoms with Crippen molar-refractivity contribution in [3.8, 4) is 0 Å². The molecule has 1 N–H and O–H groups in total. The van der Waals surface area contributed by atoms with Crippen molar-refractivity contribution in [2.75, 3.05) is 11.9 Å². The van der Waals surface area contributed by atoms with Crippen LogP contribution in [0.15, 0.2) is 36.4 Å². The third-order valence-electron chi connectivity index (χ3n) is 2.86.